The second-order valence-corrected chi connectivity index (χ2v) is 2.88. The highest BCUT2D eigenvalue weighted by atomic mass is 35.5. The summed E-state index contributed by atoms with van der Waals surface area (Å²) in [6.45, 7) is 0.501. The number of hydroxylamine groups is 2. The Morgan fingerprint density at radius 2 is 2.27 bits per heavy atom. The van der Waals surface area contributed by atoms with Crippen molar-refractivity contribution in [3.63, 3.8) is 0 Å². The van der Waals surface area contributed by atoms with Crippen LogP contribution < -0.4 is 0 Å². The van der Waals surface area contributed by atoms with Crippen LogP contribution in [0.2, 0.25) is 5.02 Å². The second-order valence-electron chi connectivity index (χ2n) is 2.45. The monoisotopic (exact) mass is 171 g/mol. The topological polar surface area (TPSA) is 23.5 Å². The summed E-state index contributed by atoms with van der Waals surface area (Å²) in [5.74, 6) is 0. The maximum absolute atomic E-state index is 8.89. The normalized spacial score (nSPS) is 10.5. The molecule has 0 saturated carbocycles. The van der Waals surface area contributed by atoms with Crippen LogP contribution in [0.1, 0.15) is 5.56 Å². The van der Waals surface area contributed by atoms with Gasteiger partial charge in [-0.15, -0.1) is 0 Å². The Balaban J connectivity index is 2.71. The molecule has 3 heteroatoms. The predicted octanol–water partition coefficient (Wildman–Crippen LogP) is 2.16. The Morgan fingerprint density at radius 3 is 2.82 bits per heavy atom. The van der Waals surface area contributed by atoms with Crippen molar-refractivity contribution in [1.29, 1.82) is 0 Å². The van der Waals surface area contributed by atoms with Crippen molar-refractivity contribution in [1.82, 2.24) is 5.06 Å². The molecule has 0 bridgehead atoms. The molecule has 1 rings (SSSR count). The molecule has 60 valence electrons. The summed E-state index contributed by atoms with van der Waals surface area (Å²) in [5, 5.41) is 10.7. The Morgan fingerprint density at radius 1 is 1.55 bits per heavy atom. The molecule has 0 aliphatic carbocycles. The van der Waals surface area contributed by atoms with Crippen LogP contribution >= 0.6 is 11.6 Å². The number of benzene rings is 1. The summed E-state index contributed by atoms with van der Waals surface area (Å²) in [6, 6.07) is 7.41. The molecule has 11 heavy (non-hydrogen) atoms. The van der Waals surface area contributed by atoms with Crippen LogP contribution in [0.4, 0.5) is 0 Å². The molecule has 0 unspecified atom stereocenters. The minimum absolute atomic E-state index is 0.501. The van der Waals surface area contributed by atoms with Gasteiger partial charge in [0.05, 0.1) is 0 Å². The molecule has 0 heterocycles. The first kappa shape index (κ1) is 8.53. The van der Waals surface area contributed by atoms with Crippen LogP contribution in [0.25, 0.3) is 0 Å². The van der Waals surface area contributed by atoms with Crippen LogP contribution in [0, 0.1) is 0 Å². The first-order chi connectivity index (χ1) is 5.18. The number of hydrogen-bond acceptors (Lipinski definition) is 2. The lowest BCUT2D eigenvalue weighted by molar-refractivity contribution is -0.0731. The molecule has 0 atom stereocenters. The van der Waals surface area contributed by atoms with Crippen molar-refractivity contribution in [3.05, 3.63) is 34.9 Å². The van der Waals surface area contributed by atoms with E-state index in [-0.39, 0.29) is 0 Å². The van der Waals surface area contributed by atoms with Crippen molar-refractivity contribution < 1.29 is 5.21 Å². The standard InChI is InChI=1S/C8H10ClNO/c1-10(11)6-7-3-2-4-8(9)5-7/h2-5,11H,6H2,1H3. The SMILES string of the molecule is CN(O)Cc1cccc(Cl)c1. The van der Waals surface area contributed by atoms with Crippen LogP contribution in [-0.2, 0) is 6.54 Å². The minimum atomic E-state index is 0.501. The molecule has 0 aliphatic rings. The summed E-state index contributed by atoms with van der Waals surface area (Å²) in [6.07, 6.45) is 0. The van der Waals surface area contributed by atoms with Gasteiger partial charge in [-0.2, -0.15) is 5.06 Å². The van der Waals surface area contributed by atoms with Gasteiger partial charge in [-0.05, 0) is 17.7 Å². The van der Waals surface area contributed by atoms with E-state index in [1.807, 2.05) is 24.3 Å². The third kappa shape index (κ3) is 2.89. The Hall–Kier alpha value is -0.570. The highest BCUT2D eigenvalue weighted by molar-refractivity contribution is 6.30. The molecule has 1 aromatic carbocycles. The van der Waals surface area contributed by atoms with Gasteiger partial charge in [0.15, 0.2) is 0 Å². The van der Waals surface area contributed by atoms with Crippen LogP contribution in [-0.4, -0.2) is 17.3 Å². The molecular formula is C8H10ClNO. The van der Waals surface area contributed by atoms with Gasteiger partial charge in [0, 0.05) is 18.6 Å². The fourth-order valence-corrected chi connectivity index (χ4v) is 1.11. The average Bonchev–Trinajstić information content (AvgIpc) is 1.85. The fraction of sp³-hybridized carbons (Fsp3) is 0.250. The van der Waals surface area contributed by atoms with Crippen molar-refractivity contribution in [2.24, 2.45) is 0 Å². The van der Waals surface area contributed by atoms with E-state index in [9.17, 15) is 0 Å². The zero-order valence-corrected chi connectivity index (χ0v) is 7.04. The number of halogens is 1. The van der Waals surface area contributed by atoms with E-state index in [0.29, 0.717) is 11.6 Å². The quantitative estimate of drug-likeness (QED) is 0.690. The van der Waals surface area contributed by atoms with E-state index in [1.54, 1.807) is 7.05 Å². The first-order valence-electron chi connectivity index (χ1n) is 3.33. The van der Waals surface area contributed by atoms with E-state index >= 15 is 0 Å². The Labute approximate surface area is 71.0 Å². The van der Waals surface area contributed by atoms with Gasteiger partial charge in [0.25, 0.3) is 0 Å². The molecule has 0 amide bonds. The molecule has 0 saturated heterocycles. The van der Waals surface area contributed by atoms with Gasteiger partial charge in [-0.25, -0.2) is 0 Å². The van der Waals surface area contributed by atoms with Crippen molar-refractivity contribution >= 4 is 11.6 Å². The number of rotatable bonds is 2. The van der Waals surface area contributed by atoms with Crippen molar-refractivity contribution in [2.45, 2.75) is 6.54 Å². The van der Waals surface area contributed by atoms with Gasteiger partial charge in [0.2, 0.25) is 0 Å². The molecule has 1 aromatic rings. The number of nitrogens with zero attached hydrogens (tertiary/aromatic N) is 1. The van der Waals surface area contributed by atoms with Crippen molar-refractivity contribution in [2.75, 3.05) is 7.05 Å². The molecule has 0 fully saturated rings. The molecule has 1 N–H and O–H groups in total. The zero-order valence-electron chi connectivity index (χ0n) is 6.29. The highest BCUT2D eigenvalue weighted by Gasteiger charge is 1.95. The third-order valence-corrected chi connectivity index (χ3v) is 1.54. The van der Waals surface area contributed by atoms with Crippen molar-refractivity contribution in [3.8, 4) is 0 Å². The molecule has 0 aliphatic heterocycles. The lowest BCUT2D eigenvalue weighted by Crippen LogP contribution is -2.11. The van der Waals surface area contributed by atoms with E-state index in [0.717, 1.165) is 10.6 Å². The lowest BCUT2D eigenvalue weighted by atomic mass is 10.2. The van der Waals surface area contributed by atoms with Gasteiger partial charge in [0.1, 0.15) is 0 Å². The molecule has 0 radical (unpaired) electrons. The first-order valence-corrected chi connectivity index (χ1v) is 3.71. The lowest BCUT2D eigenvalue weighted by Gasteiger charge is -2.07. The Kier molecular flexibility index (Phi) is 2.88. The summed E-state index contributed by atoms with van der Waals surface area (Å²) in [7, 11) is 1.60. The summed E-state index contributed by atoms with van der Waals surface area (Å²) >= 11 is 5.73. The second kappa shape index (κ2) is 3.72. The van der Waals surface area contributed by atoms with Crippen LogP contribution in [0.3, 0.4) is 0 Å². The van der Waals surface area contributed by atoms with Crippen LogP contribution in [0.5, 0.6) is 0 Å². The predicted molar refractivity (Wildman–Crippen MR) is 44.7 cm³/mol. The molecule has 2 nitrogen and oxygen atoms in total. The highest BCUT2D eigenvalue weighted by Crippen LogP contribution is 2.11. The zero-order chi connectivity index (χ0) is 8.27. The maximum Gasteiger partial charge on any atom is 0.0486 e. The molecule has 0 spiro atoms. The van der Waals surface area contributed by atoms with Gasteiger partial charge >= 0.3 is 0 Å². The minimum Gasteiger partial charge on any atom is -0.314 e. The van der Waals surface area contributed by atoms with E-state index in [2.05, 4.69) is 0 Å². The third-order valence-electron chi connectivity index (χ3n) is 1.30. The van der Waals surface area contributed by atoms with E-state index < -0.39 is 0 Å². The fourth-order valence-electron chi connectivity index (χ4n) is 0.900. The average molecular weight is 172 g/mol. The molecule has 0 aromatic heterocycles. The maximum atomic E-state index is 8.89. The van der Waals surface area contributed by atoms with E-state index in [4.69, 9.17) is 16.8 Å². The van der Waals surface area contributed by atoms with Gasteiger partial charge < -0.3 is 5.21 Å². The molecular weight excluding hydrogens is 162 g/mol. The largest absolute Gasteiger partial charge is 0.314 e. The van der Waals surface area contributed by atoms with Gasteiger partial charge in [-0.3, -0.25) is 0 Å². The Bertz CT molecular complexity index is 237. The summed E-state index contributed by atoms with van der Waals surface area (Å²) in [4.78, 5) is 0. The summed E-state index contributed by atoms with van der Waals surface area (Å²) in [5.41, 5.74) is 1.00. The van der Waals surface area contributed by atoms with E-state index in [1.165, 1.54) is 0 Å². The van der Waals surface area contributed by atoms with Gasteiger partial charge in [-0.1, -0.05) is 23.7 Å². The number of hydrogen-bond donors (Lipinski definition) is 1. The smallest absolute Gasteiger partial charge is 0.0486 e. The summed E-state index contributed by atoms with van der Waals surface area (Å²) < 4.78 is 0. The van der Waals surface area contributed by atoms with Crippen LogP contribution in [0.15, 0.2) is 24.3 Å².